The van der Waals surface area contributed by atoms with Gasteiger partial charge in [0.25, 0.3) is 0 Å². The number of nitrogens with zero attached hydrogens (tertiary/aromatic N) is 3. The maximum absolute atomic E-state index is 8.89. The van der Waals surface area contributed by atoms with E-state index in [1.54, 1.807) is 23.4 Å². The second-order valence-corrected chi connectivity index (χ2v) is 4.45. The number of hydrogen-bond donors (Lipinski definition) is 4. The van der Waals surface area contributed by atoms with Crippen LogP contribution in [0.25, 0.3) is 0 Å². The SMILES string of the molecule is N=C(NO)c1cccc2c1CCC2=NNn1ccnc1. The summed E-state index contributed by atoms with van der Waals surface area (Å²) in [7, 11) is 0. The highest BCUT2D eigenvalue weighted by atomic mass is 16.5. The molecule has 0 amide bonds. The first-order valence-corrected chi connectivity index (χ1v) is 6.21. The largest absolute Gasteiger partial charge is 0.290 e. The molecule has 0 saturated heterocycles. The molecule has 0 radical (unpaired) electrons. The van der Waals surface area contributed by atoms with Crippen molar-refractivity contribution < 1.29 is 5.21 Å². The molecule has 20 heavy (non-hydrogen) atoms. The molecule has 1 aliphatic rings. The molecule has 0 fully saturated rings. The topological polar surface area (TPSA) is 98.3 Å². The van der Waals surface area contributed by atoms with E-state index in [2.05, 4.69) is 15.6 Å². The molecule has 7 heteroatoms. The van der Waals surface area contributed by atoms with Crippen LogP contribution in [0.4, 0.5) is 0 Å². The van der Waals surface area contributed by atoms with Gasteiger partial charge >= 0.3 is 0 Å². The fourth-order valence-electron chi connectivity index (χ4n) is 2.35. The molecule has 0 saturated carbocycles. The van der Waals surface area contributed by atoms with Gasteiger partial charge in [0.2, 0.25) is 0 Å². The van der Waals surface area contributed by atoms with Crippen molar-refractivity contribution in [2.45, 2.75) is 12.8 Å². The lowest BCUT2D eigenvalue weighted by Crippen LogP contribution is -2.20. The van der Waals surface area contributed by atoms with Crippen LogP contribution in [0, 0.1) is 5.41 Å². The second-order valence-electron chi connectivity index (χ2n) is 4.45. The van der Waals surface area contributed by atoms with Crippen molar-refractivity contribution >= 4 is 11.5 Å². The molecule has 1 aromatic carbocycles. The minimum Gasteiger partial charge on any atom is -0.290 e. The zero-order chi connectivity index (χ0) is 13.9. The summed E-state index contributed by atoms with van der Waals surface area (Å²) in [6.07, 6.45) is 6.66. The van der Waals surface area contributed by atoms with Gasteiger partial charge in [0, 0.05) is 23.5 Å². The van der Waals surface area contributed by atoms with E-state index < -0.39 is 0 Å². The van der Waals surface area contributed by atoms with Gasteiger partial charge in [-0.2, -0.15) is 5.10 Å². The summed E-state index contributed by atoms with van der Waals surface area (Å²) < 4.78 is 1.66. The maximum atomic E-state index is 8.89. The van der Waals surface area contributed by atoms with E-state index in [-0.39, 0.29) is 5.84 Å². The van der Waals surface area contributed by atoms with Crippen molar-refractivity contribution in [1.29, 1.82) is 5.41 Å². The molecular weight excluding hydrogens is 256 g/mol. The van der Waals surface area contributed by atoms with Crippen molar-refractivity contribution in [1.82, 2.24) is 15.1 Å². The zero-order valence-electron chi connectivity index (χ0n) is 10.7. The number of hydrazone groups is 1. The van der Waals surface area contributed by atoms with Crippen LogP contribution in [0.3, 0.4) is 0 Å². The average Bonchev–Trinajstić information content (AvgIpc) is 3.13. The minimum absolute atomic E-state index is 0.00525. The second kappa shape index (κ2) is 5.14. The van der Waals surface area contributed by atoms with Gasteiger partial charge < -0.3 is 0 Å². The minimum atomic E-state index is 0.00525. The third kappa shape index (κ3) is 2.14. The van der Waals surface area contributed by atoms with Gasteiger partial charge in [0.05, 0.1) is 5.71 Å². The van der Waals surface area contributed by atoms with Gasteiger partial charge in [-0.05, 0) is 18.4 Å². The molecule has 0 spiro atoms. The third-order valence-electron chi connectivity index (χ3n) is 3.28. The van der Waals surface area contributed by atoms with Gasteiger partial charge in [-0.3, -0.25) is 16.1 Å². The van der Waals surface area contributed by atoms with Crippen LogP contribution in [-0.2, 0) is 6.42 Å². The molecule has 0 atom stereocenters. The monoisotopic (exact) mass is 270 g/mol. The standard InChI is InChI=1S/C13H14N6O/c14-13(17-20)11-3-1-2-10-9(11)4-5-12(10)16-18-19-7-6-15-8-19/h1-3,6-8,18,20H,4-5H2,(H2,14,17). The molecule has 1 aromatic heterocycles. The fraction of sp³-hybridized carbons (Fsp3) is 0.154. The Morgan fingerprint density at radius 2 is 2.30 bits per heavy atom. The molecule has 7 nitrogen and oxygen atoms in total. The Hall–Kier alpha value is -2.67. The number of imidazole rings is 1. The molecule has 0 bridgehead atoms. The van der Waals surface area contributed by atoms with E-state index in [1.807, 2.05) is 23.7 Å². The predicted molar refractivity (Wildman–Crippen MR) is 74.6 cm³/mol. The summed E-state index contributed by atoms with van der Waals surface area (Å²) in [6, 6.07) is 5.65. The summed E-state index contributed by atoms with van der Waals surface area (Å²) in [6.45, 7) is 0. The van der Waals surface area contributed by atoms with Crippen LogP contribution in [0.5, 0.6) is 0 Å². The summed E-state index contributed by atoms with van der Waals surface area (Å²) in [5.74, 6) is 0.00525. The molecule has 1 aliphatic carbocycles. The molecule has 3 rings (SSSR count). The van der Waals surface area contributed by atoms with E-state index in [0.717, 1.165) is 29.7 Å². The molecule has 102 valence electrons. The summed E-state index contributed by atoms with van der Waals surface area (Å²) in [5.41, 5.74) is 8.47. The average molecular weight is 270 g/mol. The lowest BCUT2D eigenvalue weighted by atomic mass is 10.0. The highest BCUT2D eigenvalue weighted by molar-refractivity contribution is 6.08. The Labute approximate surface area is 115 Å². The lowest BCUT2D eigenvalue weighted by Gasteiger charge is -2.08. The van der Waals surface area contributed by atoms with Gasteiger partial charge in [0.15, 0.2) is 0 Å². The Bertz CT molecular complexity index is 662. The fourth-order valence-corrected chi connectivity index (χ4v) is 2.35. The van der Waals surface area contributed by atoms with Crippen molar-refractivity contribution in [2.24, 2.45) is 5.10 Å². The quantitative estimate of drug-likeness (QED) is 0.381. The number of aromatic nitrogens is 2. The third-order valence-corrected chi connectivity index (χ3v) is 3.28. The number of amidine groups is 1. The molecule has 0 unspecified atom stereocenters. The number of fused-ring (bicyclic) bond motifs is 1. The Morgan fingerprint density at radius 3 is 3.05 bits per heavy atom. The van der Waals surface area contributed by atoms with Gasteiger partial charge in [-0.25, -0.2) is 15.2 Å². The van der Waals surface area contributed by atoms with E-state index >= 15 is 0 Å². The zero-order valence-corrected chi connectivity index (χ0v) is 10.7. The Morgan fingerprint density at radius 1 is 1.40 bits per heavy atom. The van der Waals surface area contributed by atoms with Crippen LogP contribution in [0.1, 0.15) is 23.1 Å². The molecule has 1 heterocycles. The van der Waals surface area contributed by atoms with Crippen LogP contribution in [0.15, 0.2) is 42.0 Å². The van der Waals surface area contributed by atoms with Crippen LogP contribution < -0.4 is 11.0 Å². The smallest absolute Gasteiger partial charge is 0.149 e. The highest BCUT2D eigenvalue weighted by Gasteiger charge is 2.22. The van der Waals surface area contributed by atoms with Gasteiger partial charge in [-0.1, -0.05) is 18.2 Å². The molecular formula is C13H14N6O. The number of benzene rings is 1. The maximum Gasteiger partial charge on any atom is 0.149 e. The molecule has 0 aliphatic heterocycles. The summed E-state index contributed by atoms with van der Waals surface area (Å²) in [4.78, 5) is 3.93. The van der Waals surface area contributed by atoms with Crippen molar-refractivity contribution in [3.63, 3.8) is 0 Å². The van der Waals surface area contributed by atoms with Crippen molar-refractivity contribution in [3.05, 3.63) is 53.6 Å². The first kappa shape index (κ1) is 12.4. The molecule has 4 N–H and O–H groups in total. The van der Waals surface area contributed by atoms with E-state index in [4.69, 9.17) is 10.6 Å². The van der Waals surface area contributed by atoms with Crippen LogP contribution in [-0.4, -0.2) is 26.4 Å². The lowest BCUT2D eigenvalue weighted by molar-refractivity contribution is 0.234. The normalized spacial score (nSPS) is 15.2. The first-order chi connectivity index (χ1) is 9.79. The number of nitrogens with one attached hydrogen (secondary N) is 3. The summed E-state index contributed by atoms with van der Waals surface area (Å²) >= 11 is 0. The Kier molecular flexibility index (Phi) is 3.18. The van der Waals surface area contributed by atoms with Gasteiger partial charge in [0.1, 0.15) is 12.2 Å². The molecule has 2 aromatic rings. The van der Waals surface area contributed by atoms with Gasteiger partial charge in [-0.15, -0.1) is 0 Å². The first-order valence-electron chi connectivity index (χ1n) is 6.21. The van der Waals surface area contributed by atoms with Crippen molar-refractivity contribution in [3.8, 4) is 0 Å². The van der Waals surface area contributed by atoms with E-state index in [9.17, 15) is 0 Å². The van der Waals surface area contributed by atoms with Crippen molar-refractivity contribution in [2.75, 3.05) is 5.53 Å². The Balaban J connectivity index is 1.90. The number of rotatable bonds is 3. The van der Waals surface area contributed by atoms with Crippen LogP contribution in [0.2, 0.25) is 0 Å². The van der Waals surface area contributed by atoms with Crippen LogP contribution >= 0.6 is 0 Å². The highest BCUT2D eigenvalue weighted by Crippen LogP contribution is 2.25. The van der Waals surface area contributed by atoms with E-state index in [0.29, 0.717) is 5.56 Å². The summed E-state index contributed by atoms with van der Waals surface area (Å²) in [5, 5.41) is 21.0. The predicted octanol–water partition coefficient (Wildman–Crippen LogP) is 1.08. The number of hydroxylamine groups is 1. The number of hydrogen-bond acceptors (Lipinski definition) is 5. The van der Waals surface area contributed by atoms with E-state index in [1.165, 1.54) is 0 Å².